The van der Waals surface area contributed by atoms with Crippen molar-refractivity contribution in [1.29, 1.82) is 0 Å². The Morgan fingerprint density at radius 3 is 2.65 bits per heavy atom. The number of rotatable bonds is 2. The molecule has 3 unspecified atom stereocenters. The summed E-state index contributed by atoms with van der Waals surface area (Å²) in [5, 5.41) is 4.47. The number of benzene rings is 1. The van der Waals surface area contributed by atoms with Crippen LogP contribution in [0.15, 0.2) is 18.2 Å². The third-order valence-corrected chi connectivity index (χ3v) is 5.02. The Morgan fingerprint density at radius 2 is 2.00 bits per heavy atom. The summed E-state index contributed by atoms with van der Waals surface area (Å²) in [5.74, 6) is 1.70. The molecular weight excluding hydrogens is 345 g/mol. The van der Waals surface area contributed by atoms with E-state index in [1.165, 1.54) is 28.5 Å². The number of hydrogen-bond donors (Lipinski definition) is 1. The van der Waals surface area contributed by atoms with E-state index in [1.807, 2.05) is 12.1 Å². The smallest absolute Gasteiger partial charge is 0.0479 e. The zero-order valence-electron chi connectivity index (χ0n) is 10.3. The highest BCUT2D eigenvalue weighted by Gasteiger charge is 2.24. The van der Waals surface area contributed by atoms with Crippen LogP contribution in [0.2, 0.25) is 5.02 Å². The van der Waals surface area contributed by atoms with Gasteiger partial charge in [-0.1, -0.05) is 25.4 Å². The van der Waals surface area contributed by atoms with Crippen LogP contribution in [0.4, 0.5) is 5.69 Å². The quantitative estimate of drug-likeness (QED) is 0.714. The molecule has 3 heteroatoms. The van der Waals surface area contributed by atoms with Gasteiger partial charge >= 0.3 is 0 Å². The highest BCUT2D eigenvalue weighted by Crippen LogP contribution is 2.32. The molecule has 1 nitrogen and oxygen atoms in total. The molecule has 1 fully saturated rings. The summed E-state index contributed by atoms with van der Waals surface area (Å²) in [4.78, 5) is 0. The molecule has 1 N–H and O–H groups in total. The lowest BCUT2D eigenvalue weighted by Crippen LogP contribution is -2.30. The van der Waals surface area contributed by atoms with Gasteiger partial charge in [0.1, 0.15) is 0 Å². The number of halogens is 2. The molecule has 1 aliphatic carbocycles. The van der Waals surface area contributed by atoms with Crippen LogP contribution >= 0.6 is 34.2 Å². The maximum atomic E-state index is 5.97. The minimum absolute atomic E-state index is 0.621. The van der Waals surface area contributed by atoms with Gasteiger partial charge in [0.25, 0.3) is 0 Å². The van der Waals surface area contributed by atoms with Gasteiger partial charge < -0.3 is 5.32 Å². The first kappa shape index (κ1) is 13.5. The molecule has 0 spiro atoms. The summed E-state index contributed by atoms with van der Waals surface area (Å²) < 4.78 is 1.21. The van der Waals surface area contributed by atoms with Gasteiger partial charge in [0.15, 0.2) is 0 Å². The van der Waals surface area contributed by atoms with Crippen LogP contribution in [0.25, 0.3) is 0 Å². The first-order chi connectivity index (χ1) is 8.06. The van der Waals surface area contributed by atoms with Crippen LogP contribution in [-0.2, 0) is 0 Å². The third kappa shape index (κ3) is 3.50. The Balaban J connectivity index is 2.01. The molecule has 0 amide bonds. The zero-order valence-corrected chi connectivity index (χ0v) is 13.3. The molecule has 94 valence electrons. The summed E-state index contributed by atoms with van der Waals surface area (Å²) in [6.45, 7) is 4.73. The highest BCUT2D eigenvalue weighted by atomic mass is 127. The molecule has 1 aliphatic rings. The number of hydrogen-bond acceptors (Lipinski definition) is 1. The third-order valence-electron chi connectivity index (χ3n) is 3.89. The number of nitrogens with one attached hydrogen (secondary N) is 1. The molecule has 0 radical (unpaired) electrons. The second-order valence-corrected chi connectivity index (χ2v) is 6.83. The van der Waals surface area contributed by atoms with E-state index in [-0.39, 0.29) is 0 Å². The SMILES string of the molecule is CC1CCC(Nc2ccc(Cl)cc2I)CC1C. The van der Waals surface area contributed by atoms with Gasteiger partial charge in [-0.2, -0.15) is 0 Å². The summed E-state index contributed by atoms with van der Waals surface area (Å²) in [6, 6.07) is 6.68. The molecule has 3 atom stereocenters. The number of anilines is 1. The molecule has 0 heterocycles. The second kappa shape index (κ2) is 5.79. The van der Waals surface area contributed by atoms with Crippen molar-refractivity contribution < 1.29 is 0 Å². The average Bonchev–Trinajstić information content (AvgIpc) is 2.27. The topological polar surface area (TPSA) is 12.0 Å². The van der Waals surface area contributed by atoms with Crippen LogP contribution in [0, 0.1) is 15.4 Å². The van der Waals surface area contributed by atoms with Crippen molar-refractivity contribution >= 4 is 39.9 Å². The average molecular weight is 364 g/mol. The van der Waals surface area contributed by atoms with Gasteiger partial charge in [-0.05, 0) is 71.9 Å². The van der Waals surface area contributed by atoms with E-state index in [9.17, 15) is 0 Å². The molecule has 0 bridgehead atoms. The Morgan fingerprint density at radius 1 is 1.24 bits per heavy atom. The molecule has 0 aliphatic heterocycles. The largest absolute Gasteiger partial charge is 0.381 e. The van der Waals surface area contributed by atoms with Crippen LogP contribution in [0.5, 0.6) is 0 Å². The van der Waals surface area contributed by atoms with E-state index >= 15 is 0 Å². The molecule has 1 aromatic carbocycles. The zero-order chi connectivity index (χ0) is 12.4. The van der Waals surface area contributed by atoms with Crippen LogP contribution in [0.3, 0.4) is 0 Å². The summed E-state index contributed by atoms with van der Waals surface area (Å²) >= 11 is 8.31. The van der Waals surface area contributed by atoms with E-state index in [0.29, 0.717) is 6.04 Å². The molecular formula is C14H19ClIN. The normalized spacial score (nSPS) is 29.1. The molecule has 0 saturated heterocycles. The van der Waals surface area contributed by atoms with E-state index in [2.05, 4.69) is 47.8 Å². The van der Waals surface area contributed by atoms with Crippen LogP contribution in [0.1, 0.15) is 33.1 Å². The maximum Gasteiger partial charge on any atom is 0.0479 e. The van der Waals surface area contributed by atoms with E-state index in [1.54, 1.807) is 0 Å². The fourth-order valence-corrected chi connectivity index (χ4v) is 3.53. The first-order valence-electron chi connectivity index (χ1n) is 6.28. The van der Waals surface area contributed by atoms with Crippen molar-refractivity contribution in [2.45, 2.75) is 39.2 Å². The van der Waals surface area contributed by atoms with Crippen LogP contribution < -0.4 is 5.32 Å². The van der Waals surface area contributed by atoms with Crippen molar-refractivity contribution in [2.24, 2.45) is 11.8 Å². The summed E-state index contributed by atoms with van der Waals surface area (Å²) in [6.07, 6.45) is 3.90. The van der Waals surface area contributed by atoms with Crippen molar-refractivity contribution in [1.82, 2.24) is 0 Å². The second-order valence-electron chi connectivity index (χ2n) is 5.23. The minimum Gasteiger partial charge on any atom is -0.381 e. The van der Waals surface area contributed by atoms with Crippen molar-refractivity contribution in [3.63, 3.8) is 0 Å². The van der Waals surface area contributed by atoms with Gasteiger partial charge in [-0.25, -0.2) is 0 Å². The minimum atomic E-state index is 0.621. The highest BCUT2D eigenvalue weighted by molar-refractivity contribution is 14.1. The van der Waals surface area contributed by atoms with Crippen molar-refractivity contribution in [3.8, 4) is 0 Å². The first-order valence-corrected chi connectivity index (χ1v) is 7.73. The predicted molar refractivity (Wildman–Crippen MR) is 83.8 cm³/mol. The van der Waals surface area contributed by atoms with Gasteiger partial charge in [0.05, 0.1) is 0 Å². The Bertz CT molecular complexity index is 394. The monoisotopic (exact) mass is 363 g/mol. The molecule has 1 aromatic rings. The van der Waals surface area contributed by atoms with Gasteiger partial charge in [0, 0.05) is 20.3 Å². The lowest BCUT2D eigenvalue weighted by molar-refractivity contribution is 0.261. The van der Waals surface area contributed by atoms with E-state index in [4.69, 9.17) is 11.6 Å². The maximum absolute atomic E-state index is 5.97. The fraction of sp³-hybridized carbons (Fsp3) is 0.571. The van der Waals surface area contributed by atoms with Gasteiger partial charge in [0.2, 0.25) is 0 Å². The van der Waals surface area contributed by atoms with E-state index in [0.717, 1.165) is 16.9 Å². The summed E-state index contributed by atoms with van der Waals surface area (Å²) in [7, 11) is 0. The Labute approximate surface area is 122 Å². The van der Waals surface area contributed by atoms with Gasteiger partial charge in [-0.15, -0.1) is 0 Å². The molecule has 17 heavy (non-hydrogen) atoms. The fourth-order valence-electron chi connectivity index (χ4n) is 2.51. The Kier molecular flexibility index (Phi) is 4.59. The predicted octanol–water partition coefficient (Wildman–Crippen LogP) is 5.18. The lowest BCUT2D eigenvalue weighted by Gasteiger charge is -2.33. The standard InChI is InChI=1S/C14H19ClIN/c1-9-3-5-12(7-10(9)2)17-14-6-4-11(15)8-13(14)16/h4,6,8-10,12,17H,3,5,7H2,1-2H3. The Hall–Kier alpha value is 0.0400. The van der Waals surface area contributed by atoms with E-state index < -0.39 is 0 Å². The summed E-state index contributed by atoms with van der Waals surface area (Å²) in [5.41, 5.74) is 1.22. The molecule has 2 rings (SSSR count). The van der Waals surface area contributed by atoms with Crippen molar-refractivity contribution in [2.75, 3.05) is 5.32 Å². The molecule has 0 aromatic heterocycles. The van der Waals surface area contributed by atoms with Crippen molar-refractivity contribution in [3.05, 3.63) is 26.8 Å². The lowest BCUT2D eigenvalue weighted by atomic mass is 9.79. The molecule has 1 saturated carbocycles. The van der Waals surface area contributed by atoms with Gasteiger partial charge in [-0.3, -0.25) is 0 Å². The van der Waals surface area contributed by atoms with Crippen LogP contribution in [-0.4, -0.2) is 6.04 Å².